The van der Waals surface area contributed by atoms with Gasteiger partial charge in [0.2, 0.25) is 0 Å². The number of rotatable bonds is 5. The lowest BCUT2D eigenvalue weighted by Crippen LogP contribution is -2.30. The molecule has 4 aromatic rings. The van der Waals surface area contributed by atoms with E-state index in [2.05, 4.69) is 4.72 Å². The minimum absolute atomic E-state index is 0.101. The Bertz CT molecular complexity index is 1450. The van der Waals surface area contributed by atoms with E-state index in [1.165, 1.54) is 12.1 Å². The standard InChI is InChI=1S/C24H19F2N3O3S2/c25-18-12-11-17(14-19(18)26)34(31,32)28-16-9-7-15(8-10-16)24(30)29-13-3-5-21(29)23-27-20-4-1-2-6-22(20)33-23/h1-2,4,6-12,14,21,28H,3,5,13H2. The second-order valence-electron chi connectivity index (χ2n) is 7.94. The lowest BCUT2D eigenvalue weighted by atomic mass is 10.1. The molecule has 6 nitrogen and oxygen atoms in total. The fraction of sp³-hybridized carbons (Fsp3) is 0.167. The van der Waals surface area contributed by atoms with Crippen molar-refractivity contribution >= 4 is 43.2 Å². The van der Waals surface area contributed by atoms with E-state index in [-0.39, 0.29) is 17.6 Å². The van der Waals surface area contributed by atoms with E-state index in [0.717, 1.165) is 40.2 Å². The van der Waals surface area contributed by atoms with Crippen LogP contribution in [-0.2, 0) is 10.0 Å². The van der Waals surface area contributed by atoms with E-state index in [0.29, 0.717) is 18.2 Å². The summed E-state index contributed by atoms with van der Waals surface area (Å²) in [6, 6.07) is 16.1. The maximum Gasteiger partial charge on any atom is 0.261 e. The molecule has 0 saturated carbocycles. The van der Waals surface area contributed by atoms with Crippen molar-refractivity contribution in [3.63, 3.8) is 0 Å². The van der Waals surface area contributed by atoms with E-state index in [1.807, 2.05) is 24.3 Å². The van der Waals surface area contributed by atoms with E-state index in [4.69, 9.17) is 4.98 Å². The molecule has 0 radical (unpaired) electrons. The third kappa shape index (κ3) is 4.26. The number of halogens is 2. The van der Waals surface area contributed by atoms with Crippen molar-refractivity contribution in [3.05, 3.63) is 88.9 Å². The van der Waals surface area contributed by atoms with Crippen LogP contribution >= 0.6 is 11.3 Å². The zero-order valence-corrected chi connectivity index (χ0v) is 19.4. The molecule has 1 fully saturated rings. The summed E-state index contributed by atoms with van der Waals surface area (Å²) in [5.74, 6) is -2.54. The molecular formula is C24H19F2N3O3S2. The molecule has 1 aromatic heterocycles. The Balaban J connectivity index is 1.33. The molecule has 1 atom stereocenters. The van der Waals surface area contributed by atoms with Crippen LogP contribution in [0.5, 0.6) is 0 Å². The molecular weight excluding hydrogens is 480 g/mol. The Morgan fingerprint density at radius 2 is 1.79 bits per heavy atom. The topological polar surface area (TPSA) is 79.4 Å². The second kappa shape index (κ2) is 8.77. The molecule has 34 heavy (non-hydrogen) atoms. The predicted molar refractivity (Wildman–Crippen MR) is 126 cm³/mol. The molecule has 1 saturated heterocycles. The molecule has 10 heteroatoms. The van der Waals surface area contributed by atoms with Crippen molar-refractivity contribution in [2.24, 2.45) is 0 Å². The Morgan fingerprint density at radius 3 is 2.53 bits per heavy atom. The summed E-state index contributed by atoms with van der Waals surface area (Å²) in [4.78, 5) is 19.3. The first kappa shape index (κ1) is 22.4. The van der Waals surface area contributed by atoms with E-state index < -0.39 is 26.6 Å². The van der Waals surface area contributed by atoms with E-state index >= 15 is 0 Å². The molecule has 1 aliphatic rings. The lowest BCUT2D eigenvalue weighted by molar-refractivity contribution is 0.0735. The molecule has 1 aliphatic heterocycles. The molecule has 174 valence electrons. The first-order valence-electron chi connectivity index (χ1n) is 10.6. The molecule has 0 aliphatic carbocycles. The number of nitrogens with zero attached hydrogens (tertiary/aromatic N) is 2. The maximum absolute atomic E-state index is 13.4. The smallest absolute Gasteiger partial charge is 0.261 e. The summed E-state index contributed by atoms with van der Waals surface area (Å²) in [5, 5.41) is 0.906. The van der Waals surface area contributed by atoms with Crippen molar-refractivity contribution in [1.82, 2.24) is 9.88 Å². The number of para-hydroxylation sites is 1. The second-order valence-corrected chi connectivity index (χ2v) is 10.7. The van der Waals surface area contributed by atoms with Crippen molar-refractivity contribution in [1.29, 1.82) is 0 Å². The highest BCUT2D eigenvalue weighted by atomic mass is 32.2. The highest BCUT2D eigenvalue weighted by molar-refractivity contribution is 7.92. The summed E-state index contributed by atoms with van der Waals surface area (Å²) in [7, 11) is -4.12. The van der Waals surface area contributed by atoms with Gasteiger partial charge in [-0.3, -0.25) is 9.52 Å². The number of benzene rings is 3. The molecule has 3 aromatic carbocycles. The van der Waals surface area contributed by atoms with Gasteiger partial charge in [0.15, 0.2) is 11.6 Å². The van der Waals surface area contributed by atoms with Crippen LogP contribution in [-0.4, -0.2) is 30.8 Å². The van der Waals surface area contributed by atoms with Gasteiger partial charge in [0, 0.05) is 17.8 Å². The van der Waals surface area contributed by atoms with Crippen LogP contribution in [0.25, 0.3) is 10.2 Å². The number of hydrogen-bond acceptors (Lipinski definition) is 5. The lowest BCUT2D eigenvalue weighted by Gasteiger charge is -2.23. The van der Waals surface area contributed by atoms with Gasteiger partial charge >= 0.3 is 0 Å². The quantitative estimate of drug-likeness (QED) is 0.401. The fourth-order valence-electron chi connectivity index (χ4n) is 4.00. The van der Waals surface area contributed by atoms with Crippen LogP contribution in [0, 0.1) is 11.6 Å². The van der Waals surface area contributed by atoms with Crippen molar-refractivity contribution in [2.75, 3.05) is 11.3 Å². The van der Waals surface area contributed by atoms with Crippen LogP contribution < -0.4 is 4.72 Å². The fourth-order valence-corrected chi connectivity index (χ4v) is 6.19. The van der Waals surface area contributed by atoms with Gasteiger partial charge in [0.1, 0.15) is 5.01 Å². The van der Waals surface area contributed by atoms with Gasteiger partial charge in [-0.25, -0.2) is 22.2 Å². The number of anilines is 1. The Hall–Kier alpha value is -3.37. The van der Waals surface area contributed by atoms with Gasteiger partial charge in [0.25, 0.3) is 15.9 Å². The predicted octanol–water partition coefficient (Wildman–Crippen LogP) is 5.35. The van der Waals surface area contributed by atoms with Gasteiger partial charge in [0.05, 0.1) is 21.2 Å². The number of fused-ring (bicyclic) bond motifs is 1. The number of amides is 1. The summed E-state index contributed by atoms with van der Waals surface area (Å²) in [5.41, 5.74) is 1.54. The van der Waals surface area contributed by atoms with Gasteiger partial charge in [-0.15, -0.1) is 11.3 Å². The number of likely N-dealkylation sites (tertiary alicyclic amines) is 1. The number of nitrogens with one attached hydrogen (secondary N) is 1. The van der Waals surface area contributed by atoms with Gasteiger partial charge < -0.3 is 4.90 Å². The van der Waals surface area contributed by atoms with Crippen LogP contribution in [0.15, 0.2) is 71.6 Å². The van der Waals surface area contributed by atoms with Gasteiger partial charge in [-0.05, 0) is 67.4 Å². The molecule has 1 unspecified atom stereocenters. The molecule has 2 heterocycles. The van der Waals surface area contributed by atoms with Gasteiger partial charge in [-0.2, -0.15) is 0 Å². The zero-order chi connectivity index (χ0) is 23.9. The monoisotopic (exact) mass is 499 g/mol. The number of thiazole rings is 1. The van der Waals surface area contributed by atoms with E-state index in [9.17, 15) is 22.0 Å². The number of aromatic nitrogens is 1. The summed E-state index contributed by atoms with van der Waals surface area (Å²) < 4.78 is 54.9. The molecule has 0 bridgehead atoms. The van der Waals surface area contributed by atoms with Crippen LogP contribution in [0.1, 0.15) is 34.2 Å². The minimum atomic E-state index is -4.12. The maximum atomic E-state index is 13.4. The normalized spacial score (nSPS) is 16.2. The highest BCUT2D eigenvalue weighted by Gasteiger charge is 2.32. The van der Waals surface area contributed by atoms with Crippen LogP contribution in [0.2, 0.25) is 0 Å². The number of sulfonamides is 1. The minimum Gasteiger partial charge on any atom is -0.329 e. The van der Waals surface area contributed by atoms with Crippen molar-refractivity contribution in [2.45, 2.75) is 23.8 Å². The van der Waals surface area contributed by atoms with Crippen molar-refractivity contribution < 1.29 is 22.0 Å². The largest absolute Gasteiger partial charge is 0.329 e. The number of carbonyl (C=O) groups excluding carboxylic acids is 1. The average Bonchev–Trinajstić information content (AvgIpc) is 3.47. The molecule has 1 N–H and O–H groups in total. The Morgan fingerprint density at radius 1 is 1.03 bits per heavy atom. The molecule has 5 rings (SSSR count). The number of hydrogen-bond donors (Lipinski definition) is 1. The summed E-state index contributed by atoms with van der Waals surface area (Å²) in [6.45, 7) is 0.615. The number of carbonyl (C=O) groups is 1. The van der Waals surface area contributed by atoms with Crippen LogP contribution in [0.3, 0.4) is 0 Å². The third-order valence-electron chi connectivity index (χ3n) is 5.69. The summed E-state index contributed by atoms with van der Waals surface area (Å²) in [6.07, 6.45) is 1.70. The molecule has 1 amide bonds. The van der Waals surface area contributed by atoms with Gasteiger partial charge in [-0.1, -0.05) is 12.1 Å². The average molecular weight is 500 g/mol. The van der Waals surface area contributed by atoms with Crippen LogP contribution in [0.4, 0.5) is 14.5 Å². The highest BCUT2D eigenvalue weighted by Crippen LogP contribution is 2.37. The first-order chi connectivity index (χ1) is 16.3. The zero-order valence-electron chi connectivity index (χ0n) is 17.7. The SMILES string of the molecule is O=C(c1ccc(NS(=O)(=O)c2ccc(F)c(F)c2)cc1)N1CCCC1c1nc2ccccc2s1. The Kier molecular flexibility index (Phi) is 5.78. The van der Waals surface area contributed by atoms with Crippen molar-refractivity contribution in [3.8, 4) is 0 Å². The first-order valence-corrected chi connectivity index (χ1v) is 12.9. The summed E-state index contributed by atoms with van der Waals surface area (Å²) >= 11 is 1.59. The Labute approximate surface area is 198 Å². The molecule has 0 spiro atoms. The van der Waals surface area contributed by atoms with E-state index in [1.54, 1.807) is 28.4 Å². The third-order valence-corrected chi connectivity index (χ3v) is 8.21.